The SMILES string of the molecule is NC(N)=C(C#Cc1ccncc1)/C=C(\N)c1ccccc1O. The molecular weight excluding hydrogens is 276 g/mol. The van der Waals surface area contributed by atoms with Crippen LogP contribution in [0.2, 0.25) is 0 Å². The third-order valence-electron chi connectivity index (χ3n) is 2.85. The Morgan fingerprint density at radius 1 is 1.05 bits per heavy atom. The summed E-state index contributed by atoms with van der Waals surface area (Å²) in [5.74, 6) is 5.93. The number of phenols is 1. The lowest BCUT2D eigenvalue weighted by molar-refractivity contribution is 0.473. The number of pyridine rings is 1. The molecule has 1 aromatic heterocycles. The molecule has 22 heavy (non-hydrogen) atoms. The molecule has 0 unspecified atom stereocenters. The summed E-state index contributed by atoms with van der Waals surface area (Å²) in [6, 6.07) is 10.3. The predicted molar refractivity (Wildman–Crippen MR) is 86.8 cm³/mol. The van der Waals surface area contributed by atoms with Crippen LogP contribution in [0.1, 0.15) is 11.1 Å². The molecule has 0 aliphatic rings. The van der Waals surface area contributed by atoms with Crippen molar-refractivity contribution in [2.75, 3.05) is 0 Å². The van der Waals surface area contributed by atoms with Crippen molar-refractivity contribution in [3.63, 3.8) is 0 Å². The van der Waals surface area contributed by atoms with Crippen LogP contribution in [0.5, 0.6) is 5.75 Å². The van der Waals surface area contributed by atoms with Crippen LogP contribution >= 0.6 is 0 Å². The summed E-state index contributed by atoms with van der Waals surface area (Å²) in [6.07, 6.45) is 4.83. The number of benzene rings is 1. The van der Waals surface area contributed by atoms with Crippen molar-refractivity contribution in [1.82, 2.24) is 4.98 Å². The minimum Gasteiger partial charge on any atom is -0.507 e. The summed E-state index contributed by atoms with van der Waals surface area (Å²) < 4.78 is 0. The number of allylic oxidation sites excluding steroid dienone is 2. The molecule has 0 radical (unpaired) electrons. The molecule has 1 heterocycles. The van der Waals surface area contributed by atoms with Gasteiger partial charge in [-0.25, -0.2) is 0 Å². The van der Waals surface area contributed by atoms with E-state index < -0.39 is 0 Å². The molecule has 0 spiro atoms. The van der Waals surface area contributed by atoms with Gasteiger partial charge in [-0.15, -0.1) is 0 Å². The fourth-order valence-corrected chi connectivity index (χ4v) is 1.72. The van der Waals surface area contributed by atoms with E-state index in [1.54, 1.807) is 54.9 Å². The molecule has 0 saturated carbocycles. The van der Waals surface area contributed by atoms with E-state index >= 15 is 0 Å². The first-order valence-corrected chi connectivity index (χ1v) is 6.50. The maximum absolute atomic E-state index is 9.80. The summed E-state index contributed by atoms with van der Waals surface area (Å²) in [4.78, 5) is 3.92. The number of aromatic hydroxyl groups is 1. The van der Waals surface area contributed by atoms with Crippen molar-refractivity contribution in [1.29, 1.82) is 0 Å². The molecule has 0 atom stereocenters. The lowest BCUT2D eigenvalue weighted by Gasteiger charge is -2.05. The van der Waals surface area contributed by atoms with Crippen LogP contribution in [-0.2, 0) is 0 Å². The Bertz CT molecular complexity index is 779. The molecule has 5 heteroatoms. The number of aromatic nitrogens is 1. The third kappa shape index (κ3) is 3.81. The predicted octanol–water partition coefficient (Wildman–Crippen LogP) is 1.27. The maximum atomic E-state index is 9.80. The molecule has 0 aliphatic heterocycles. The van der Waals surface area contributed by atoms with Gasteiger partial charge in [0.1, 0.15) is 11.6 Å². The molecule has 0 amide bonds. The van der Waals surface area contributed by atoms with Crippen molar-refractivity contribution in [3.8, 4) is 17.6 Å². The molecule has 5 nitrogen and oxygen atoms in total. The number of hydrogen-bond donors (Lipinski definition) is 4. The number of nitrogens with zero attached hydrogens (tertiary/aromatic N) is 1. The van der Waals surface area contributed by atoms with E-state index in [4.69, 9.17) is 17.2 Å². The highest BCUT2D eigenvalue weighted by Crippen LogP contribution is 2.22. The third-order valence-corrected chi connectivity index (χ3v) is 2.85. The van der Waals surface area contributed by atoms with Gasteiger partial charge in [-0.05, 0) is 30.3 Å². The Balaban J connectivity index is 2.35. The largest absolute Gasteiger partial charge is 0.507 e. The molecule has 2 aromatic rings. The van der Waals surface area contributed by atoms with E-state index in [-0.39, 0.29) is 11.6 Å². The van der Waals surface area contributed by atoms with E-state index in [0.717, 1.165) is 5.56 Å². The Labute approximate surface area is 128 Å². The van der Waals surface area contributed by atoms with Crippen LogP contribution in [0.4, 0.5) is 0 Å². The second kappa shape index (κ2) is 6.86. The van der Waals surface area contributed by atoms with Gasteiger partial charge in [0.15, 0.2) is 0 Å². The number of nitrogens with two attached hydrogens (primary N) is 3. The summed E-state index contributed by atoms with van der Waals surface area (Å²) in [7, 11) is 0. The lowest BCUT2D eigenvalue weighted by atomic mass is 10.1. The molecule has 0 bridgehead atoms. The zero-order valence-electron chi connectivity index (χ0n) is 11.8. The lowest BCUT2D eigenvalue weighted by Crippen LogP contribution is -2.11. The molecule has 0 aliphatic carbocycles. The highest BCUT2D eigenvalue weighted by atomic mass is 16.3. The highest BCUT2D eigenvalue weighted by Gasteiger charge is 2.04. The first kappa shape index (κ1) is 15.0. The monoisotopic (exact) mass is 292 g/mol. The van der Waals surface area contributed by atoms with E-state index in [2.05, 4.69) is 16.8 Å². The zero-order valence-corrected chi connectivity index (χ0v) is 11.8. The normalized spacial score (nSPS) is 10.5. The van der Waals surface area contributed by atoms with E-state index in [1.807, 2.05) is 0 Å². The van der Waals surface area contributed by atoms with E-state index in [9.17, 15) is 5.11 Å². The van der Waals surface area contributed by atoms with Gasteiger partial charge in [-0.2, -0.15) is 0 Å². The van der Waals surface area contributed by atoms with Crippen molar-refractivity contribution < 1.29 is 5.11 Å². The first-order chi connectivity index (χ1) is 10.6. The number of hydrogen-bond acceptors (Lipinski definition) is 5. The van der Waals surface area contributed by atoms with Crippen LogP contribution in [-0.4, -0.2) is 10.1 Å². The smallest absolute Gasteiger partial charge is 0.124 e. The van der Waals surface area contributed by atoms with Crippen molar-refractivity contribution in [2.45, 2.75) is 0 Å². The Morgan fingerprint density at radius 3 is 2.36 bits per heavy atom. The van der Waals surface area contributed by atoms with Gasteiger partial charge in [0, 0.05) is 29.2 Å². The minimum atomic E-state index is 0.0555. The van der Waals surface area contributed by atoms with Crippen LogP contribution in [0, 0.1) is 11.8 Å². The Kier molecular flexibility index (Phi) is 4.68. The van der Waals surface area contributed by atoms with Crippen LogP contribution in [0.3, 0.4) is 0 Å². The molecule has 110 valence electrons. The van der Waals surface area contributed by atoms with Gasteiger partial charge in [0.05, 0.1) is 5.57 Å². The van der Waals surface area contributed by atoms with Gasteiger partial charge in [0.25, 0.3) is 0 Å². The first-order valence-electron chi connectivity index (χ1n) is 6.50. The summed E-state index contributed by atoms with van der Waals surface area (Å²) in [5.41, 5.74) is 19.3. The van der Waals surface area contributed by atoms with Gasteiger partial charge in [-0.3, -0.25) is 4.98 Å². The van der Waals surface area contributed by atoms with E-state index in [1.165, 1.54) is 0 Å². The van der Waals surface area contributed by atoms with Crippen molar-refractivity contribution in [3.05, 3.63) is 77.4 Å². The average molecular weight is 292 g/mol. The summed E-state index contributed by atoms with van der Waals surface area (Å²) >= 11 is 0. The second-order valence-electron chi connectivity index (χ2n) is 4.47. The van der Waals surface area contributed by atoms with Crippen LogP contribution < -0.4 is 17.2 Å². The molecule has 0 saturated heterocycles. The van der Waals surface area contributed by atoms with Gasteiger partial charge in [-0.1, -0.05) is 24.0 Å². The van der Waals surface area contributed by atoms with E-state index in [0.29, 0.717) is 16.8 Å². The fraction of sp³-hybridized carbons (Fsp3) is 0. The average Bonchev–Trinajstić information content (AvgIpc) is 2.52. The van der Waals surface area contributed by atoms with Gasteiger partial charge < -0.3 is 22.3 Å². The molecule has 7 N–H and O–H groups in total. The summed E-state index contributed by atoms with van der Waals surface area (Å²) in [6.45, 7) is 0. The molecule has 1 aromatic carbocycles. The maximum Gasteiger partial charge on any atom is 0.124 e. The van der Waals surface area contributed by atoms with Gasteiger partial charge >= 0.3 is 0 Å². The second-order valence-corrected chi connectivity index (χ2v) is 4.47. The molecular formula is C17H16N4O. The number of para-hydroxylation sites is 1. The number of rotatable bonds is 2. The standard InChI is InChI=1S/C17H16N4O/c18-15(14-3-1-2-4-16(14)22)11-13(17(19)20)6-5-12-7-9-21-10-8-12/h1-4,7-11,22H,18-20H2/b15-11-. The number of phenolic OH excluding ortho intramolecular Hbond substituents is 1. The minimum absolute atomic E-state index is 0.0555. The molecule has 2 rings (SSSR count). The quantitative estimate of drug-likeness (QED) is 0.492. The summed E-state index contributed by atoms with van der Waals surface area (Å²) in [5, 5.41) is 9.80. The van der Waals surface area contributed by atoms with Gasteiger partial charge in [0.2, 0.25) is 0 Å². The highest BCUT2D eigenvalue weighted by molar-refractivity contribution is 5.71. The zero-order chi connectivity index (χ0) is 15.9. The van der Waals surface area contributed by atoms with Crippen molar-refractivity contribution in [2.24, 2.45) is 17.2 Å². The van der Waals surface area contributed by atoms with Crippen LogP contribution in [0.15, 0.2) is 66.3 Å². The van der Waals surface area contributed by atoms with Crippen molar-refractivity contribution >= 4 is 5.70 Å². The topological polar surface area (TPSA) is 111 Å². The Morgan fingerprint density at radius 2 is 1.73 bits per heavy atom. The molecule has 0 fully saturated rings. The van der Waals surface area contributed by atoms with Crippen LogP contribution in [0.25, 0.3) is 5.70 Å². The fourth-order valence-electron chi connectivity index (χ4n) is 1.72. The Hall–Kier alpha value is -3.39.